The Morgan fingerprint density at radius 2 is 2.11 bits per heavy atom. The molecule has 19 heavy (non-hydrogen) atoms. The van der Waals surface area contributed by atoms with Crippen LogP contribution in [0.1, 0.15) is 31.6 Å². The van der Waals surface area contributed by atoms with Gasteiger partial charge in [0.05, 0.1) is 11.8 Å². The maximum atomic E-state index is 5.84. The standard InChI is InChI=1S/C13H16ClN3OS/c1-3-15-9(2)13-16-12(17-18-13)8-19-11-6-4-10(14)5-7-11/h4-7,9,15H,3,8H2,1-2H3. The van der Waals surface area contributed by atoms with Crippen LogP contribution in [0.15, 0.2) is 33.7 Å². The van der Waals surface area contributed by atoms with Crippen LogP contribution in [0.3, 0.4) is 0 Å². The lowest BCUT2D eigenvalue weighted by atomic mass is 10.3. The Labute approximate surface area is 121 Å². The highest BCUT2D eigenvalue weighted by atomic mass is 35.5. The van der Waals surface area contributed by atoms with E-state index in [1.807, 2.05) is 38.1 Å². The van der Waals surface area contributed by atoms with Gasteiger partial charge in [-0.3, -0.25) is 0 Å². The molecule has 0 saturated carbocycles. The van der Waals surface area contributed by atoms with Crippen molar-refractivity contribution in [1.82, 2.24) is 15.5 Å². The minimum absolute atomic E-state index is 0.0896. The summed E-state index contributed by atoms with van der Waals surface area (Å²) < 4.78 is 5.23. The lowest BCUT2D eigenvalue weighted by Gasteiger charge is -2.05. The first kappa shape index (κ1) is 14.4. The van der Waals surface area contributed by atoms with E-state index >= 15 is 0 Å². The molecule has 1 unspecified atom stereocenters. The first-order chi connectivity index (χ1) is 9.19. The minimum Gasteiger partial charge on any atom is -0.338 e. The zero-order valence-corrected chi connectivity index (χ0v) is 12.5. The van der Waals surface area contributed by atoms with E-state index in [4.69, 9.17) is 16.1 Å². The first-order valence-corrected chi connectivity index (χ1v) is 7.49. The lowest BCUT2D eigenvalue weighted by molar-refractivity contribution is 0.339. The number of hydrogen-bond acceptors (Lipinski definition) is 5. The number of nitrogens with one attached hydrogen (secondary N) is 1. The predicted octanol–water partition coefficient (Wildman–Crippen LogP) is 3.69. The summed E-state index contributed by atoms with van der Waals surface area (Å²) >= 11 is 7.50. The van der Waals surface area contributed by atoms with E-state index < -0.39 is 0 Å². The second kappa shape index (κ2) is 6.93. The molecule has 2 rings (SSSR count). The largest absolute Gasteiger partial charge is 0.338 e. The van der Waals surface area contributed by atoms with Crippen LogP contribution in [-0.2, 0) is 5.75 Å². The van der Waals surface area contributed by atoms with Gasteiger partial charge in [0.2, 0.25) is 5.89 Å². The summed E-state index contributed by atoms with van der Waals surface area (Å²) in [5.41, 5.74) is 0. The molecule has 0 radical (unpaired) electrons. The number of halogens is 1. The Morgan fingerprint density at radius 1 is 1.37 bits per heavy atom. The highest BCUT2D eigenvalue weighted by molar-refractivity contribution is 7.98. The normalized spacial score (nSPS) is 12.6. The summed E-state index contributed by atoms with van der Waals surface area (Å²) in [5.74, 6) is 2.03. The SMILES string of the molecule is CCNC(C)c1nc(CSc2ccc(Cl)cc2)no1. The second-order valence-electron chi connectivity index (χ2n) is 4.07. The van der Waals surface area contributed by atoms with Crippen molar-refractivity contribution in [1.29, 1.82) is 0 Å². The Morgan fingerprint density at radius 3 is 2.79 bits per heavy atom. The van der Waals surface area contributed by atoms with Crippen molar-refractivity contribution in [3.63, 3.8) is 0 Å². The summed E-state index contributed by atoms with van der Waals surface area (Å²) in [7, 11) is 0. The Balaban J connectivity index is 1.91. The Bertz CT molecular complexity index is 515. The zero-order chi connectivity index (χ0) is 13.7. The van der Waals surface area contributed by atoms with Crippen molar-refractivity contribution in [3.8, 4) is 0 Å². The highest BCUT2D eigenvalue weighted by Gasteiger charge is 2.12. The summed E-state index contributed by atoms with van der Waals surface area (Å²) in [6.07, 6.45) is 0. The maximum absolute atomic E-state index is 5.84. The van der Waals surface area contributed by atoms with Crippen molar-refractivity contribution in [2.24, 2.45) is 0 Å². The molecule has 0 spiro atoms. The van der Waals surface area contributed by atoms with E-state index in [-0.39, 0.29) is 6.04 Å². The molecule has 0 saturated heterocycles. The van der Waals surface area contributed by atoms with Gasteiger partial charge in [-0.25, -0.2) is 0 Å². The predicted molar refractivity (Wildman–Crippen MR) is 77.4 cm³/mol. The molecule has 0 bridgehead atoms. The van der Waals surface area contributed by atoms with E-state index in [2.05, 4.69) is 15.5 Å². The first-order valence-electron chi connectivity index (χ1n) is 6.13. The van der Waals surface area contributed by atoms with Gasteiger partial charge in [-0.1, -0.05) is 23.7 Å². The van der Waals surface area contributed by atoms with Crippen molar-refractivity contribution in [3.05, 3.63) is 41.0 Å². The van der Waals surface area contributed by atoms with Crippen LogP contribution < -0.4 is 5.32 Å². The molecule has 2 aromatic rings. The average molecular weight is 298 g/mol. The van der Waals surface area contributed by atoms with Gasteiger partial charge in [-0.15, -0.1) is 11.8 Å². The van der Waals surface area contributed by atoms with Gasteiger partial charge in [-0.05, 0) is 37.7 Å². The molecule has 4 nitrogen and oxygen atoms in total. The highest BCUT2D eigenvalue weighted by Crippen LogP contribution is 2.23. The number of nitrogens with zero attached hydrogens (tertiary/aromatic N) is 2. The molecule has 102 valence electrons. The molecule has 1 aromatic heterocycles. The molecule has 1 atom stereocenters. The molecule has 1 heterocycles. The third-order valence-corrected chi connectivity index (χ3v) is 3.81. The molecular formula is C13H16ClN3OS. The number of hydrogen-bond donors (Lipinski definition) is 1. The summed E-state index contributed by atoms with van der Waals surface area (Å²) in [5, 5.41) is 7.96. The molecule has 6 heteroatoms. The monoisotopic (exact) mass is 297 g/mol. The maximum Gasteiger partial charge on any atom is 0.243 e. The van der Waals surface area contributed by atoms with E-state index in [0.717, 1.165) is 16.5 Å². The van der Waals surface area contributed by atoms with Gasteiger partial charge in [0.15, 0.2) is 5.82 Å². The van der Waals surface area contributed by atoms with Crippen LogP contribution in [-0.4, -0.2) is 16.7 Å². The molecule has 1 aromatic carbocycles. The topological polar surface area (TPSA) is 51.0 Å². The lowest BCUT2D eigenvalue weighted by Crippen LogP contribution is -2.17. The molecular weight excluding hydrogens is 282 g/mol. The van der Waals surface area contributed by atoms with Crippen LogP contribution in [0.4, 0.5) is 0 Å². The Kier molecular flexibility index (Phi) is 5.24. The van der Waals surface area contributed by atoms with E-state index in [1.54, 1.807) is 11.8 Å². The van der Waals surface area contributed by atoms with Crippen LogP contribution in [0, 0.1) is 0 Å². The van der Waals surface area contributed by atoms with E-state index in [0.29, 0.717) is 17.5 Å². The molecule has 0 aliphatic rings. The van der Waals surface area contributed by atoms with Gasteiger partial charge >= 0.3 is 0 Å². The molecule has 0 fully saturated rings. The summed E-state index contributed by atoms with van der Waals surface area (Å²) in [6, 6.07) is 7.80. The van der Waals surface area contributed by atoms with Gasteiger partial charge in [-0.2, -0.15) is 4.98 Å². The number of aromatic nitrogens is 2. The molecule has 0 aliphatic heterocycles. The van der Waals surface area contributed by atoms with Crippen LogP contribution in [0.25, 0.3) is 0 Å². The van der Waals surface area contributed by atoms with Crippen molar-refractivity contribution >= 4 is 23.4 Å². The van der Waals surface area contributed by atoms with Gasteiger partial charge < -0.3 is 9.84 Å². The fourth-order valence-electron chi connectivity index (χ4n) is 1.57. The quantitative estimate of drug-likeness (QED) is 0.824. The summed E-state index contributed by atoms with van der Waals surface area (Å²) in [6.45, 7) is 4.93. The van der Waals surface area contributed by atoms with E-state index in [9.17, 15) is 0 Å². The summed E-state index contributed by atoms with van der Waals surface area (Å²) in [4.78, 5) is 5.51. The minimum atomic E-state index is 0.0896. The van der Waals surface area contributed by atoms with Crippen LogP contribution in [0.5, 0.6) is 0 Å². The van der Waals surface area contributed by atoms with Crippen LogP contribution >= 0.6 is 23.4 Å². The fourth-order valence-corrected chi connectivity index (χ4v) is 2.44. The smallest absolute Gasteiger partial charge is 0.243 e. The molecule has 1 N–H and O–H groups in total. The fraction of sp³-hybridized carbons (Fsp3) is 0.385. The molecule has 0 aliphatic carbocycles. The Hall–Kier alpha value is -1.04. The van der Waals surface area contributed by atoms with Gasteiger partial charge in [0.25, 0.3) is 0 Å². The number of thioether (sulfide) groups is 1. The molecule has 0 amide bonds. The second-order valence-corrected chi connectivity index (χ2v) is 5.56. The number of rotatable bonds is 6. The van der Waals surface area contributed by atoms with Crippen LogP contribution in [0.2, 0.25) is 5.02 Å². The number of benzene rings is 1. The average Bonchev–Trinajstić information content (AvgIpc) is 2.87. The zero-order valence-electron chi connectivity index (χ0n) is 10.9. The van der Waals surface area contributed by atoms with Crippen molar-refractivity contribution < 1.29 is 4.52 Å². The van der Waals surface area contributed by atoms with E-state index in [1.165, 1.54) is 0 Å². The van der Waals surface area contributed by atoms with Crippen molar-refractivity contribution in [2.75, 3.05) is 6.54 Å². The van der Waals surface area contributed by atoms with Crippen molar-refractivity contribution in [2.45, 2.75) is 30.5 Å². The third-order valence-electron chi connectivity index (χ3n) is 2.55. The van der Waals surface area contributed by atoms with Gasteiger partial charge in [0, 0.05) is 9.92 Å². The van der Waals surface area contributed by atoms with Gasteiger partial charge in [0.1, 0.15) is 0 Å². The third kappa shape index (κ3) is 4.23.